The van der Waals surface area contributed by atoms with Gasteiger partial charge in [-0.25, -0.2) is 10.6 Å². The van der Waals surface area contributed by atoms with Crippen LogP contribution in [0.5, 0.6) is 0 Å². The summed E-state index contributed by atoms with van der Waals surface area (Å²) in [4.78, 5) is 0. The van der Waals surface area contributed by atoms with Crippen LogP contribution < -0.4 is 27.6 Å². The summed E-state index contributed by atoms with van der Waals surface area (Å²) < 4.78 is 0. The van der Waals surface area contributed by atoms with E-state index in [0.717, 1.165) is 0 Å². The van der Waals surface area contributed by atoms with E-state index in [1.165, 1.54) is 30.3 Å². The van der Waals surface area contributed by atoms with Gasteiger partial charge in [0.1, 0.15) is 0 Å². The van der Waals surface area contributed by atoms with E-state index in [2.05, 4.69) is 62.4 Å². The van der Waals surface area contributed by atoms with E-state index in [9.17, 15) is 0 Å². The molecule has 0 fully saturated rings. The van der Waals surface area contributed by atoms with Crippen molar-refractivity contribution in [2.45, 2.75) is 13.8 Å². The second-order valence-electron chi connectivity index (χ2n) is 3.78. The Bertz CT molecular complexity index is 393. The molecular formula is C14H14BrMgP. The quantitative estimate of drug-likeness (QED) is 0.533. The fourth-order valence-corrected chi connectivity index (χ4v) is 2.28. The van der Waals surface area contributed by atoms with E-state index in [4.69, 9.17) is 0 Å². The first-order valence-electron chi connectivity index (χ1n) is 5.09. The monoisotopic (exact) mass is 316 g/mol. The van der Waals surface area contributed by atoms with Crippen LogP contribution in [-0.4, -0.2) is 23.1 Å². The van der Waals surface area contributed by atoms with Crippen molar-refractivity contribution in [1.82, 2.24) is 0 Å². The van der Waals surface area contributed by atoms with Crippen LogP contribution in [0.25, 0.3) is 0 Å². The predicted octanol–water partition coefficient (Wildman–Crippen LogP) is -0.176. The molecule has 0 saturated heterocycles. The van der Waals surface area contributed by atoms with Gasteiger partial charge in [0.05, 0.1) is 0 Å². The summed E-state index contributed by atoms with van der Waals surface area (Å²) in [5, 5.41) is 2.70. The van der Waals surface area contributed by atoms with Gasteiger partial charge in [0.2, 0.25) is 0 Å². The van der Waals surface area contributed by atoms with Crippen molar-refractivity contribution in [2.24, 2.45) is 0 Å². The van der Waals surface area contributed by atoms with Crippen LogP contribution in [-0.2, 0) is 0 Å². The van der Waals surface area contributed by atoms with Gasteiger partial charge in [0, 0.05) is 0 Å². The maximum absolute atomic E-state index is 2.19. The molecule has 0 radical (unpaired) electrons. The molecule has 0 saturated carbocycles. The fraction of sp³-hybridized carbons (Fsp3) is 0.143. The molecule has 0 heterocycles. The summed E-state index contributed by atoms with van der Waals surface area (Å²) in [5.74, 6) is 0. The zero-order chi connectivity index (χ0) is 10.7. The molecule has 2 aromatic rings. The molecule has 0 N–H and O–H groups in total. The first kappa shape index (κ1) is 17.1. The van der Waals surface area contributed by atoms with Crippen LogP contribution in [0.1, 0.15) is 11.1 Å². The second kappa shape index (κ2) is 8.26. The van der Waals surface area contributed by atoms with E-state index >= 15 is 0 Å². The molecule has 2 aromatic carbocycles. The van der Waals surface area contributed by atoms with E-state index in [1.807, 2.05) is 0 Å². The molecule has 0 atom stereocenters. The smallest absolute Gasteiger partial charge is 1.00 e. The number of aryl methyl sites for hydroxylation is 2. The van der Waals surface area contributed by atoms with Gasteiger partial charge in [-0.05, 0) is 13.8 Å². The van der Waals surface area contributed by atoms with Crippen molar-refractivity contribution in [3.63, 3.8) is 0 Å². The molecule has 17 heavy (non-hydrogen) atoms. The minimum atomic E-state index is 0. The Kier molecular flexibility index (Phi) is 8.32. The summed E-state index contributed by atoms with van der Waals surface area (Å²) in [7, 11) is 1.29. The number of halogens is 1. The van der Waals surface area contributed by atoms with E-state index < -0.39 is 0 Å². The van der Waals surface area contributed by atoms with E-state index in [-0.39, 0.29) is 40.0 Å². The first-order chi connectivity index (χ1) is 7.24. The summed E-state index contributed by atoms with van der Waals surface area (Å²) in [6.45, 7) is 4.24. The molecule has 0 spiro atoms. The normalized spacial score (nSPS) is 9.06. The first-order valence-corrected chi connectivity index (χ1v) is 5.98. The van der Waals surface area contributed by atoms with Gasteiger partial charge in [-0.2, -0.15) is 0 Å². The molecule has 0 aliphatic heterocycles. The van der Waals surface area contributed by atoms with Gasteiger partial charge in [-0.15, -0.1) is 0 Å². The topological polar surface area (TPSA) is 0 Å². The second-order valence-corrected chi connectivity index (χ2v) is 5.04. The van der Waals surface area contributed by atoms with Crippen molar-refractivity contribution in [3.05, 3.63) is 59.7 Å². The Labute approximate surface area is 132 Å². The molecule has 0 aliphatic carbocycles. The Morgan fingerprint density at radius 1 is 0.647 bits per heavy atom. The van der Waals surface area contributed by atoms with Crippen molar-refractivity contribution in [3.8, 4) is 0 Å². The Hall–Kier alpha value is 0.116. The van der Waals surface area contributed by atoms with Crippen LogP contribution in [0.4, 0.5) is 0 Å². The van der Waals surface area contributed by atoms with Crippen LogP contribution in [0.2, 0.25) is 0 Å². The zero-order valence-corrected chi connectivity index (χ0v) is 14.0. The van der Waals surface area contributed by atoms with Gasteiger partial charge in [0.25, 0.3) is 0 Å². The van der Waals surface area contributed by atoms with Gasteiger partial charge in [0.15, 0.2) is 0 Å². The zero-order valence-electron chi connectivity index (χ0n) is 10.2. The van der Waals surface area contributed by atoms with Gasteiger partial charge < -0.3 is 25.6 Å². The third-order valence-electron chi connectivity index (χ3n) is 2.33. The van der Waals surface area contributed by atoms with Crippen molar-refractivity contribution >= 4 is 42.2 Å². The van der Waals surface area contributed by atoms with Crippen molar-refractivity contribution in [2.75, 3.05) is 0 Å². The summed E-state index contributed by atoms with van der Waals surface area (Å²) in [5.41, 5.74) is 2.63. The molecule has 2 rings (SSSR count). The number of hydrogen-bond donors (Lipinski definition) is 0. The predicted molar refractivity (Wildman–Crippen MR) is 74.3 cm³/mol. The third kappa shape index (κ3) is 5.52. The minimum absolute atomic E-state index is 0. The molecule has 0 bridgehead atoms. The number of rotatable bonds is 2. The Morgan fingerprint density at radius 3 is 1.24 bits per heavy atom. The van der Waals surface area contributed by atoms with Crippen molar-refractivity contribution in [1.29, 1.82) is 0 Å². The number of hydrogen-bond acceptors (Lipinski definition) is 0. The number of benzene rings is 2. The van der Waals surface area contributed by atoms with Crippen LogP contribution >= 0.6 is 8.58 Å². The maximum atomic E-state index is 2.19. The summed E-state index contributed by atoms with van der Waals surface area (Å²) in [6, 6.07) is 17.4. The molecule has 0 unspecified atom stereocenters. The SMILES string of the molecule is Cc1ccc([P-]c2ccc(C)cc2)cc1.[Br-].[Mg+2]. The minimum Gasteiger partial charge on any atom is -1.00 e. The van der Waals surface area contributed by atoms with Crippen LogP contribution in [0, 0.1) is 13.8 Å². The Morgan fingerprint density at radius 2 is 0.941 bits per heavy atom. The molecular weight excluding hydrogens is 303 g/mol. The van der Waals surface area contributed by atoms with Crippen LogP contribution in [0.15, 0.2) is 48.5 Å². The van der Waals surface area contributed by atoms with Crippen molar-refractivity contribution < 1.29 is 17.0 Å². The molecule has 0 aromatic heterocycles. The van der Waals surface area contributed by atoms with E-state index in [0.29, 0.717) is 0 Å². The fourth-order valence-electron chi connectivity index (χ4n) is 1.39. The van der Waals surface area contributed by atoms with E-state index in [1.54, 1.807) is 0 Å². The maximum Gasteiger partial charge on any atom is 2.00 e. The molecule has 0 aliphatic rings. The van der Waals surface area contributed by atoms with Gasteiger partial charge in [-0.1, -0.05) is 59.7 Å². The van der Waals surface area contributed by atoms with Crippen LogP contribution in [0.3, 0.4) is 0 Å². The molecule has 0 nitrogen and oxygen atoms in total. The molecule has 3 heteroatoms. The largest absolute Gasteiger partial charge is 2.00 e. The van der Waals surface area contributed by atoms with Gasteiger partial charge in [-0.3, -0.25) is 0 Å². The molecule has 0 amide bonds. The average Bonchev–Trinajstić information content (AvgIpc) is 2.25. The standard InChI is InChI=1S/C14H14P.BrH.Mg/c1-11-3-7-13(8-4-11)15-14-9-5-12(2)6-10-14;;/h3-10H,1-2H3;1H;/q-1;;+2/p-1. The third-order valence-corrected chi connectivity index (χ3v) is 3.44. The molecule has 84 valence electrons. The van der Waals surface area contributed by atoms with Gasteiger partial charge >= 0.3 is 23.1 Å². The summed E-state index contributed by atoms with van der Waals surface area (Å²) >= 11 is 0. The Balaban J connectivity index is 0.00000128. The summed E-state index contributed by atoms with van der Waals surface area (Å²) in [6.07, 6.45) is 0. The average molecular weight is 317 g/mol.